The van der Waals surface area contributed by atoms with Crippen LogP contribution in [0.5, 0.6) is 5.75 Å². The topological polar surface area (TPSA) is 44.8 Å². The van der Waals surface area contributed by atoms with E-state index < -0.39 is 14.4 Å². The van der Waals surface area contributed by atoms with E-state index in [9.17, 15) is 4.79 Å². The number of carbonyl (C=O) groups excluding carboxylic acids is 1. The maximum atomic E-state index is 11.9. The molecule has 3 aromatic rings. The molecule has 0 heterocycles. The first kappa shape index (κ1) is 26.9. The summed E-state index contributed by atoms with van der Waals surface area (Å²) in [6.07, 6.45) is 1.16. The van der Waals surface area contributed by atoms with E-state index in [-0.39, 0.29) is 11.0 Å². The van der Waals surface area contributed by atoms with E-state index in [4.69, 9.17) is 13.9 Å². The molecule has 0 aliphatic carbocycles. The third kappa shape index (κ3) is 6.48. The lowest BCUT2D eigenvalue weighted by molar-refractivity contribution is -0.122. The molecule has 3 aromatic carbocycles. The molecule has 3 rings (SSSR count). The van der Waals surface area contributed by atoms with Gasteiger partial charge in [-0.05, 0) is 45.4 Å². The van der Waals surface area contributed by atoms with Crippen molar-refractivity contribution >= 4 is 25.0 Å². The van der Waals surface area contributed by atoms with E-state index in [1.807, 2.05) is 36.4 Å². The van der Waals surface area contributed by atoms with Crippen molar-refractivity contribution in [3.05, 3.63) is 90.5 Å². The second kappa shape index (κ2) is 12.3. The van der Waals surface area contributed by atoms with Crippen LogP contribution < -0.4 is 15.1 Å². The summed E-state index contributed by atoms with van der Waals surface area (Å²) in [6.45, 7) is 9.82. The third-order valence-corrected chi connectivity index (χ3v) is 11.6. The molecule has 0 aromatic heterocycles. The van der Waals surface area contributed by atoms with Gasteiger partial charge in [0.2, 0.25) is 0 Å². The smallest absolute Gasteiger partial charge is 0.261 e. The van der Waals surface area contributed by atoms with Crippen molar-refractivity contribution in [3.8, 4) is 5.75 Å². The number of rotatable bonds is 12. The zero-order chi connectivity index (χ0) is 25.3. The molecule has 35 heavy (non-hydrogen) atoms. The average molecular weight is 491 g/mol. The molecule has 0 N–H and O–H groups in total. The van der Waals surface area contributed by atoms with E-state index in [1.54, 1.807) is 7.11 Å². The minimum atomic E-state index is -2.58. The second-order valence-corrected chi connectivity index (χ2v) is 14.3. The van der Waals surface area contributed by atoms with Crippen molar-refractivity contribution in [1.29, 1.82) is 0 Å². The quantitative estimate of drug-likeness (QED) is 0.252. The van der Waals surface area contributed by atoms with Crippen LogP contribution in [0.25, 0.3) is 0 Å². The van der Waals surface area contributed by atoms with Gasteiger partial charge >= 0.3 is 0 Å². The average Bonchev–Trinajstić information content (AvgIpc) is 2.87. The fourth-order valence-corrected chi connectivity index (χ4v) is 9.16. The van der Waals surface area contributed by atoms with Gasteiger partial charge in [0.05, 0.1) is 13.7 Å². The minimum Gasteiger partial charge on any atom is -0.497 e. The zero-order valence-corrected chi connectivity index (χ0v) is 22.6. The third-order valence-electron chi connectivity index (χ3n) is 6.61. The van der Waals surface area contributed by atoms with Gasteiger partial charge in [-0.2, -0.15) is 0 Å². The summed E-state index contributed by atoms with van der Waals surface area (Å²) in [7, 11) is -0.939. The summed E-state index contributed by atoms with van der Waals surface area (Å²) in [5.74, 6) is 0.832. The Labute approximate surface area is 211 Å². The maximum absolute atomic E-state index is 11.9. The molecule has 0 aliphatic heterocycles. The van der Waals surface area contributed by atoms with E-state index in [1.165, 1.54) is 10.4 Å². The highest BCUT2D eigenvalue weighted by atomic mass is 28.4. The van der Waals surface area contributed by atoms with Crippen molar-refractivity contribution in [2.24, 2.45) is 5.92 Å². The van der Waals surface area contributed by atoms with Gasteiger partial charge in [0.1, 0.15) is 18.1 Å². The van der Waals surface area contributed by atoms with E-state index in [2.05, 4.69) is 76.2 Å². The number of carbonyl (C=O) groups is 1. The van der Waals surface area contributed by atoms with Gasteiger partial charge in [-0.1, -0.05) is 100 Å². The fourth-order valence-electron chi connectivity index (χ4n) is 4.58. The van der Waals surface area contributed by atoms with Gasteiger partial charge < -0.3 is 18.7 Å². The lowest BCUT2D eigenvalue weighted by atomic mass is 10.0. The molecular weight excluding hydrogens is 452 g/mol. The van der Waals surface area contributed by atoms with Gasteiger partial charge in [-0.25, -0.2) is 0 Å². The van der Waals surface area contributed by atoms with Crippen LogP contribution in [0.3, 0.4) is 0 Å². The molecule has 0 bridgehead atoms. The molecule has 4 nitrogen and oxygen atoms in total. The summed E-state index contributed by atoms with van der Waals surface area (Å²) in [6, 6.07) is 28.9. The van der Waals surface area contributed by atoms with Gasteiger partial charge in [0.25, 0.3) is 8.32 Å². The number of benzene rings is 3. The Morgan fingerprint density at radius 3 is 1.86 bits per heavy atom. The maximum Gasteiger partial charge on any atom is 0.261 e. The van der Waals surface area contributed by atoms with E-state index in [0.717, 1.165) is 24.0 Å². The van der Waals surface area contributed by atoms with Gasteiger partial charge in [-0.3, -0.25) is 0 Å². The summed E-state index contributed by atoms with van der Waals surface area (Å²) >= 11 is 0. The molecular formula is C30H38O4Si. The molecule has 0 fully saturated rings. The zero-order valence-electron chi connectivity index (χ0n) is 21.6. The second-order valence-electron chi connectivity index (χ2n) is 10.0. The van der Waals surface area contributed by atoms with Crippen LogP contribution in [-0.2, 0) is 20.6 Å². The summed E-state index contributed by atoms with van der Waals surface area (Å²) in [5, 5.41) is 2.44. The molecule has 0 saturated carbocycles. The van der Waals surface area contributed by atoms with Crippen LogP contribution in [-0.4, -0.2) is 34.4 Å². The molecule has 0 saturated heterocycles. The highest BCUT2D eigenvalue weighted by molar-refractivity contribution is 6.99. The monoisotopic (exact) mass is 490 g/mol. The predicted molar refractivity (Wildman–Crippen MR) is 145 cm³/mol. The number of hydrogen-bond donors (Lipinski definition) is 0. The Balaban J connectivity index is 1.72. The molecule has 0 aliphatic rings. The van der Waals surface area contributed by atoms with Crippen molar-refractivity contribution in [2.75, 3.05) is 13.7 Å². The first-order valence-electron chi connectivity index (χ1n) is 12.3. The standard InChI is InChI=1S/C30H38O4Si/c1-24(29(22-31)33-23-25-16-18-26(32-5)19-17-25)20-21-34-35(30(2,3)4,27-12-8-6-9-13-27)28-14-10-7-11-15-28/h6-19,22,24,29H,20-21,23H2,1-5H3/t24-,29+/m0/s1. The molecule has 2 atom stereocenters. The largest absolute Gasteiger partial charge is 0.497 e. The van der Waals surface area contributed by atoms with Crippen molar-refractivity contribution in [2.45, 2.75) is 51.9 Å². The first-order chi connectivity index (χ1) is 16.8. The molecule has 0 radical (unpaired) electrons. The number of ether oxygens (including phenoxy) is 2. The first-order valence-corrected chi connectivity index (χ1v) is 14.2. The Bertz CT molecular complexity index is 990. The van der Waals surface area contributed by atoms with Crippen LogP contribution >= 0.6 is 0 Å². The SMILES string of the molecule is COc1ccc(CO[C@H](C=O)[C@@H](C)CCO[Si](c2ccccc2)(c2ccccc2)C(C)(C)C)cc1. The van der Waals surface area contributed by atoms with Gasteiger partial charge in [0, 0.05) is 6.61 Å². The summed E-state index contributed by atoms with van der Waals surface area (Å²) in [4.78, 5) is 11.9. The fraction of sp³-hybridized carbons (Fsp3) is 0.367. The highest BCUT2D eigenvalue weighted by Gasteiger charge is 2.50. The lowest BCUT2D eigenvalue weighted by Crippen LogP contribution is -2.66. The lowest BCUT2D eigenvalue weighted by Gasteiger charge is -2.43. The Morgan fingerprint density at radius 2 is 1.40 bits per heavy atom. The molecule has 0 amide bonds. The number of aldehydes is 1. The van der Waals surface area contributed by atoms with E-state index >= 15 is 0 Å². The van der Waals surface area contributed by atoms with E-state index in [0.29, 0.717) is 13.2 Å². The Kier molecular flexibility index (Phi) is 9.44. The summed E-state index contributed by atoms with van der Waals surface area (Å²) < 4.78 is 18.2. The minimum absolute atomic E-state index is 0.0314. The van der Waals surface area contributed by atoms with Crippen molar-refractivity contribution in [3.63, 3.8) is 0 Å². The van der Waals surface area contributed by atoms with Crippen LogP contribution in [0, 0.1) is 5.92 Å². The Morgan fingerprint density at radius 1 is 0.857 bits per heavy atom. The van der Waals surface area contributed by atoms with Crippen LogP contribution in [0.2, 0.25) is 5.04 Å². The summed E-state index contributed by atoms with van der Waals surface area (Å²) in [5.41, 5.74) is 1.01. The van der Waals surface area contributed by atoms with Gasteiger partial charge in [0.15, 0.2) is 0 Å². The molecule has 186 valence electrons. The van der Waals surface area contributed by atoms with Crippen LogP contribution in [0.4, 0.5) is 0 Å². The normalized spacial score (nSPS) is 13.7. The number of methoxy groups -OCH3 is 1. The predicted octanol–water partition coefficient (Wildman–Crippen LogP) is 5.38. The van der Waals surface area contributed by atoms with Crippen LogP contribution in [0.15, 0.2) is 84.9 Å². The Hall–Kier alpha value is -2.73. The van der Waals surface area contributed by atoms with Crippen LogP contribution in [0.1, 0.15) is 39.7 Å². The molecule has 0 unspecified atom stereocenters. The van der Waals surface area contributed by atoms with Crippen molar-refractivity contribution < 1.29 is 18.7 Å². The molecule has 0 spiro atoms. The number of hydrogen-bond acceptors (Lipinski definition) is 4. The molecule has 5 heteroatoms. The van der Waals surface area contributed by atoms with Crippen molar-refractivity contribution in [1.82, 2.24) is 0 Å². The van der Waals surface area contributed by atoms with Gasteiger partial charge in [-0.15, -0.1) is 0 Å². The highest BCUT2D eigenvalue weighted by Crippen LogP contribution is 2.37.